The maximum Gasteiger partial charge on any atom is 0.508 e. The van der Waals surface area contributed by atoms with Gasteiger partial charge in [-0.05, 0) is 25.7 Å². The fourth-order valence-electron chi connectivity index (χ4n) is 1.82. The number of hydrogen-bond acceptors (Lipinski definition) is 8. The lowest BCUT2D eigenvalue weighted by atomic mass is 9.88. The Bertz CT molecular complexity index is 397. The predicted octanol–water partition coefficient (Wildman–Crippen LogP) is 3.85. The molecule has 0 radical (unpaired) electrons. The van der Waals surface area contributed by atoms with E-state index in [-0.39, 0.29) is 39.0 Å². The van der Waals surface area contributed by atoms with Crippen LogP contribution in [-0.2, 0) is 28.5 Å². The van der Waals surface area contributed by atoms with E-state index in [1.165, 1.54) is 0 Å². The van der Waals surface area contributed by atoms with E-state index in [2.05, 4.69) is 0 Å². The predicted molar refractivity (Wildman–Crippen MR) is 93.8 cm³/mol. The zero-order valence-electron chi connectivity index (χ0n) is 16.3. The molecule has 8 nitrogen and oxygen atoms in total. The van der Waals surface area contributed by atoms with Crippen molar-refractivity contribution in [3.05, 3.63) is 0 Å². The molecular weight excluding hydrogens is 344 g/mol. The molecule has 0 aromatic carbocycles. The van der Waals surface area contributed by atoms with Crippen molar-refractivity contribution in [3.8, 4) is 0 Å². The van der Waals surface area contributed by atoms with Gasteiger partial charge in [0, 0.05) is 6.42 Å². The lowest BCUT2D eigenvalue weighted by Crippen LogP contribution is -2.39. The number of carbonyl (C=O) groups is 3. The first-order valence-electron chi connectivity index (χ1n) is 9.17. The van der Waals surface area contributed by atoms with E-state index in [4.69, 9.17) is 23.7 Å². The summed E-state index contributed by atoms with van der Waals surface area (Å²) in [5.74, 6) is -0.354. The molecular formula is C18H32O8. The van der Waals surface area contributed by atoms with Crippen molar-refractivity contribution in [1.82, 2.24) is 0 Å². The second-order valence-corrected chi connectivity index (χ2v) is 6.04. The first-order chi connectivity index (χ1) is 12.4. The van der Waals surface area contributed by atoms with E-state index in [1.54, 1.807) is 0 Å². The molecule has 0 amide bonds. The van der Waals surface area contributed by atoms with E-state index >= 15 is 0 Å². The molecule has 0 aliphatic rings. The molecule has 0 saturated heterocycles. The van der Waals surface area contributed by atoms with Gasteiger partial charge in [-0.15, -0.1) is 0 Å². The number of ether oxygens (including phenoxy) is 5. The third-order valence-corrected chi connectivity index (χ3v) is 3.58. The van der Waals surface area contributed by atoms with Crippen LogP contribution in [0.2, 0.25) is 0 Å². The Hall–Kier alpha value is -1.99. The molecule has 0 aliphatic heterocycles. The van der Waals surface area contributed by atoms with Crippen molar-refractivity contribution in [3.63, 3.8) is 0 Å². The van der Waals surface area contributed by atoms with Gasteiger partial charge in [-0.1, -0.05) is 27.7 Å². The average molecular weight is 376 g/mol. The van der Waals surface area contributed by atoms with Gasteiger partial charge in [0.2, 0.25) is 0 Å². The second kappa shape index (κ2) is 14.2. The number of esters is 1. The lowest BCUT2D eigenvalue weighted by Gasteiger charge is -2.30. The van der Waals surface area contributed by atoms with Crippen molar-refractivity contribution >= 4 is 18.3 Å². The molecule has 0 aromatic rings. The van der Waals surface area contributed by atoms with Crippen LogP contribution >= 0.6 is 0 Å². The summed E-state index contributed by atoms with van der Waals surface area (Å²) in [6, 6.07) is 0. The van der Waals surface area contributed by atoms with Gasteiger partial charge in [0.05, 0.1) is 18.6 Å². The molecule has 0 unspecified atom stereocenters. The minimum Gasteiger partial charge on any atom is -0.465 e. The molecule has 0 aromatic heterocycles. The highest BCUT2D eigenvalue weighted by Crippen LogP contribution is 2.25. The zero-order chi connectivity index (χ0) is 19.8. The molecule has 0 bridgehead atoms. The van der Waals surface area contributed by atoms with Crippen molar-refractivity contribution in [2.75, 3.05) is 33.0 Å². The van der Waals surface area contributed by atoms with Crippen LogP contribution in [0.15, 0.2) is 0 Å². The maximum absolute atomic E-state index is 11.7. The summed E-state index contributed by atoms with van der Waals surface area (Å²) in [4.78, 5) is 34.9. The average Bonchev–Trinajstić information content (AvgIpc) is 2.64. The van der Waals surface area contributed by atoms with Crippen LogP contribution < -0.4 is 0 Å². The molecule has 152 valence electrons. The van der Waals surface area contributed by atoms with Crippen LogP contribution in [0.3, 0.4) is 0 Å². The van der Waals surface area contributed by atoms with Gasteiger partial charge >= 0.3 is 18.3 Å². The van der Waals surface area contributed by atoms with Gasteiger partial charge in [0.25, 0.3) is 0 Å². The molecule has 0 fully saturated rings. The summed E-state index contributed by atoms with van der Waals surface area (Å²) in [6.45, 7) is 7.69. The molecule has 0 spiro atoms. The number of hydrogen-bond donors (Lipinski definition) is 0. The minimum atomic E-state index is -0.861. The smallest absolute Gasteiger partial charge is 0.465 e. The monoisotopic (exact) mass is 376 g/mol. The van der Waals surface area contributed by atoms with Crippen LogP contribution in [0.25, 0.3) is 0 Å². The Balaban J connectivity index is 4.81. The SMILES string of the molecule is CCCOC(=O)OCC(CC)(COC(=O)CCC)COC(=O)OCCC. The third kappa shape index (κ3) is 10.8. The molecule has 0 rings (SSSR count). The standard InChI is InChI=1S/C18H32O8/c1-5-9-15(19)24-12-18(8-4,13-25-16(20)22-10-6-2)14-26-17(21)23-11-7-3/h5-14H2,1-4H3. The molecule has 0 heterocycles. The Morgan fingerprint density at radius 3 is 1.50 bits per heavy atom. The normalized spacial score (nSPS) is 10.8. The Labute approximate surface area is 155 Å². The van der Waals surface area contributed by atoms with E-state index in [0.717, 1.165) is 0 Å². The molecule has 0 N–H and O–H groups in total. The molecule has 0 aliphatic carbocycles. The van der Waals surface area contributed by atoms with Gasteiger partial charge in [0.1, 0.15) is 19.8 Å². The highest BCUT2D eigenvalue weighted by Gasteiger charge is 2.34. The van der Waals surface area contributed by atoms with Gasteiger partial charge in [-0.2, -0.15) is 0 Å². The van der Waals surface area contributed by atoms with E-state index < -0.39 is 17.7 Å². The summed E-state index contributed by atoms with van der Waals surface area (Å²) in [6.07, 6.45) is 1.14. The number of carbonyl (C=O) groups excluding carboxylic acids is 3. The summed E-state index contributed by atoms with van der Waals surface area (Å²) in [7, 11) is 0. The van der Waals surface area contributed by atoms with Crippen LogP contribution in [0, 0.1) is 5.41 Å². The van der Waals surface area contributed by atoms with Crippen LogP contribution in [0.1, 0.15) is 59.8 Å². The first kappa shape index (κ1) is 24.0. The maximum atomic E-state index is 11.7. The zero-order valence-corrected chi connectivity index (χ0v) is 16.3. The van der Waals surface area contributed by atoms with E-state index in [1.807, 2.05) is 27.7 Å². The largest absolute Gasteiger partial charge is 0.508 e. The summed E-state index contributed by atoms with van der Waals surface area (Å²) in [5.41, 5.74) is -0.861. The summed E-state index contributed by atoms with van der Waals surface area (Å²) < 4.78 is 25.3. The van der Waals surface area contributed by atoms with Crippen molar-refractivity contribution in [1.29, 1.82) is 0 Å². The van der Waals surface area contributed by atoms with Gasteiger partial charge in [0.15, 0.2) is 0 Å². The van der Waals surface area contributed by atoms with Crippen molar-refractivity contribution < 1.29 is 38.1 Å². The fourth-order valence-corrected chi connectivity index (χ4v) is 1.82. The fraction of sp³-hybridized carbons (Fsp3) is 0.833. The summed E-state index contributed by atoms with van der Waals surface area (Å²) >= 11 is 0. The van der Waals surface area contributed by atoms with E-state index in [9.17, 15) is 14.4 Å². The van der Waals surface area contributed by atoms with Crippen LogP contribution in [0.4, 0.5) is 9.59 Å². The Morgan fingerprint density at radius 1 is 0.654 bits per heavy atom. The highest BCUT2D eigenvalue weighted by molar-refractivity contribution is 5.69. The van der Waals surface area contributed by atoms with Crippen molar-refractivity contribution in [2.24, 2.45) is 5.41 Å². The van der Waals surface area contributed by atoms with Crippen LogP contribution in [0.5, 0.6) is 0 Å². The minimum absolute atomic E-state index is 0.0373. The lowest BCUT2D eigenvalue weighted by molar-refractivity contribution is -0.150. The molecule has 0 atom stereocenters. The van der Waals surface area contributed by atoms with E-state index in [0.29, 0.717) is 32.1 Å². The molecule has 0 saturated carbocycles. The quantitative estimate of drug-likeness (QED) is 0.353. The summed E-state index contributed by atoms with van der Waals surface area (Å²) in [5, 5.41) is 0. The topological polar surface area (TPSA) is 97.4 Å². The van der Waals surface area contributed by atoms with Crippen LogP contribution in [-0.4, -0.2) is 51.3 Å². The second-order valence-electron chi connectivity index (χ2n) is 6.04. The molecule has 26 heavy (non-hydrogen) atoms. The van der Waals surface area contributed by atoms with Crippen molar-refractivity contribution in [2.45, 2.75) is 59.8 Å². The Morgan fingerprint density at radius 2 is 1.12 bits per heavy atom. The third-order valence-electron chi connectivity index (χ3n) is 3.58. The Kier molecular flexibility index (Phi) is 13.1. The van der Waals surface area contributed by atoms with Gasteiger partial charge in [-0.3, -0.25) is 4.79 Å². The first-order valence-corrected chi connectivity index (χ1v) is 9.17. The highest BCUT2D eigenvalue weighted by atomic mass is 16.7. The number of rotatable bonds is 13. The van der Waals surface area contributed by atoms with Gasteiger partial charge in [-0.25, -0.2) is 9.59 Å². The van der Waals surface area contributed by atoms with Gasteiger partial charge < -0.3 is 23.7 Å². The molecule has 8 heteroatoms.